The second-order valence-electron chi connectivity index (χ2n) is 2.07. The Hall–Kier alpha value is 0.364. The second-order valence-corrected chi connectivity index (χ2v) is 6.20. The molecule has 0 aromatic carbocycles. The Bertz CT molecular complexity index is 24.3. The Morgan fingerprint density at radius 1 is 1.17 bits per heavy atom. The van der Waals surface area contributed by atoms with Crippen molar-refractivity contribution in [2.75, 3.05) is 0 Å². The molecule has 0 spiro atoms. The Balaban J connectivity index is 0. The maximum Gasteiger partial charge on any atom is 0.237 e. The number of hydrogen-bond donors (Lipinski definition) is 0. The average Bonchev–Trinajstić information content (AvgIpc) is 0.722. The molecule has 3 heteroatoms. The molecule has 36 valence electrons. The molecule has 0 heterocycles. The molecule has 0 aliphatic rings. The molecule has 0 saturated carbocycles. The fourth-order valence-corrected chi connectivity index (χ4v) is 0. The maximum absolute atomic E-state index is 11.8. The monoisotopic (exact) mass is 120 g/mol. The Morgan fingerprint density at radius 2 is 1.17 bits per heavy atom. The predicted octanol–water partition coefficient (Wildman–Crippen LogP) is 1.41. The Morgan fingerprint density at radius 3 is 1.17 bits per heavy atom. The molecule has 0 aliphatic heterocycles. The zero-order valence-corrected chi connectivity index (χ0v) is 6.38. The molecule has 0 fully saturated rings. The standard InChI is InChI=1S/C3H9FSi.Si/c1-5(2,3)4;/h1-3H3;. The van der Waals surface area contributed by atoms with Crippen LogP contribution >= 0.6 is 0 Å². The highest BCUT2D eigenvalue weighted by atomic mass is 28.4. The average molecular weight is 120 g/mol. The van der Waals surface area contributed by atoms with Crippen molar-refractivity contribution < 1.29 is 4.11 Å². The molecule has 0 nitrogen and oxygen atoms in total. The van der Waals surface area contributed by atoms with Crippen molar-refractivity contribution in [3.63, 3.8) is 0 Å². The highest BCUT2D eigenvalue weighted by molar-refractivity contribution is 6.69. The van der Waals surface area contributed by atoms with Crippen LogP contribution in [0.4, 0.5) is 4.11 Å². The van der Waals surface area contributed by atoms with Crippen molar-refractivity contribution in [2.24, 2.45) is 0 Å². The highest BCUT2D eigenvalue weighted by Gasteiger charge is 2.08. The van der Waals surface area contributed by atoms with Gasteiger partial charge in [-0.05, 0) is 19.6 Å². The Labute approximate surface area is 44.0 Å². The van der Waals surface area contributed by atoms with Gasteiger partial charge in [0.05, 0.1) is 0 Å². The number of rotatable bonds is 0. The molecular formula is C3H9FSi2. The normalized spacial score (nSPS) is 10.0. The van der Waals surface area contributed by atoms with Crippen LogP contribution in [0.3, 0.4) is 0 Å². The lowest BCUT2D eigenvalue weighted by Gasteiger charge is -1.95. The first kappa shape index (κ1) is 9.61. The third kappa shape index (κ3) is 373. The molecule has 0 amide bonds. The topological polar surface area (TPSA) is 0 Å². The zero-order chi connectivity index (χ0) is 4.50. The van der Waals surface area contributed by atoms with Gasteiger partial charge in [0.15, 0.2) is 0 Å². The maximum atomic E-state index is 11.8. The van der Waals surface area contributed by atoms with Gasteiger partial charge in [-0.25, -0.2) is 0 Å². The summed E-state index contributed by atoms with van der Waals surface area (Å²) in [5, 5.41) is 0. The molecule has 0 unspecified atom stereocenters. The van der Waals surface area contributed by atoms with Crippen LogP contribution in [0.2, 0.25) is 19.6 Å². The molecule has 0 aromatic heterocycles. The molecule has 0 saturated heterocycles. The van der Waals surface area contributed by atoms with E-state index in [0.29, 0.717) is 0 Å². The quantitative estimate of drug-likeness (QED) is 0.335. The van der Waals surface area contributed by atoms with E-state index < -0.39 is 8.41 Å². The van der Waals surface area contributed by atoms with E-state index >= 15 is 0 Å². The van der Waals surface area contributed by atoms with Crippen molar-refractivity contribution in [3.8, 4) is 0 Å². The SMILES string of the molecule is C[Si](C)(C)F.[Si]. The van der Waals surface area contributed by atoms with Crippen LogP contribution in [0.15, 0.2) is 0 Å². The number of hydrogen-bond acceptors (Lipinski definition) is 0. The number of halogens is 1. The summed E-state index contributed by atoms with van der Waals surface area (Å²) in [7, 11) is -2.11. The van der Waals surface area contributed by atoms with E-state index in [0.717, 1.165) is 0 Å². The van der Waals surface area contributed by atoms with E-state index in [1.807, 2.05) is 0 Å². The summed E-state index contributed by atoms with van der Waals surface area (Å²) in [6.45, 7) is 4.98. The van der Waals surface area contributed by atoms with E-state index in [2.05, 4.69) is 0 Å². The fourth-order valence-electron chi connectivity index (χ4n) is 0. The second kappa shape index (κ2) is 2.52. The van der Waals surface area contributed by atoms with Gasteiger partial charge in [-0.1, -0.05) is 0 Å². The fraction of sp³-hybridized carbons (Fsp3) is 1.00. The lowest BCUT2D eigenvalue weighted by atomic mass is 11.8. The van der Waals surface area contributed by atoms with Gasteiger partial charge in [-0.3, -0.25) is 0 Å². The van der Waals surface area contributed by atoms with Gasteiger partial charge in [0.25, 0.3) is 0 Å². The van der Waals surface area contributed by atoms with Crippen LogP contribution in [0.5, 0.6) is 0 Å². The predicted molar refractivity (Wildman–Crippen MR) is 30.2 cm³/mol. The third-order valence-corrected chi connectivity index (χ3v) is 0. The van der Waals surface area contributed by atoms with Crippen LogP contribution < -0.4 is 0 Å². The molecule has 0 bridgehead atoms. The van der Waals surface area contributed by atoms with Crippen molar-refractivity contribution in [3.05, 3.63) is 0 Å². The lowest BCUT2D eigenvalue weighted by Crippen LogP contribution is -2.08. The summed E-state index contributed by atoms with van der Waals surface area (Å²) in [6.07, 6.45) is 0. The first-order valence-electron chi connectivity index (χ1n) is 1.69. The summed E-state index contributed by atoms with van der Waals surface area (Å²) in [6, 6.07) is 0. The Kier molecular flexibility index (Phi) is 4.04. The summed E-state index contributed by atoms with van der Waals surface area (Å²) in [4.78, 5) is 0. The van der Waals surface area contributed by atoms with Crippen molar-refractivity contribution in [2.45, 2.75) is 19.6 Å². The third-order valence-electron chi connectivity index (χ3n) is 0. The van der Waals surface area contributed by atoms with Crippen LogP contribution in [-0.4, -0.2) is 19.4 Å². The van der Waals surface area contributed by atoms with Gasteiger partial charge < -0.3 is 4.11 Å². The first-order valence-corrected chi connectivity index (χ1v) is 5.07. The molecule has 0 N–H and O–H groups in total. The minimum atomic E-state index is -2.11. The largest absolute Gasteiger partial charge is 0.315 e. The van der Waals surface area contributed by atoms with Gasteiger partial charge in [0.1, 0.15) is 0 Å². The smallest absolute Gasteiger partial charge is 0.237 e. The summed E-state index contributed by atoms with van der Waals surface area (Å²) >= 11 is 0. The molecular weight excluding hydrogens is 111 g/mol. The van der Waals surface area contributed by atoms with Crippen LogP contribution in [0, 0.1) is 0 Å². The van der Waals surface area contributed by atoms with Crippen LogP contribution in [-0.2, 0) is 0 Å². The van der Waals surface area contributed by atoms with E-state index in [9.17, 15) is 4.11 Å². The van der Waals surface area contributed by atoms with Crippen molar-refractivity contribution in [1.82, 2.24) is 0 Å². The summed E-state index contributed by atoms with van der Waals surface area (Å²) in [5.41, 5.74) is 0. The highest BCUT2D eigenvalue weighted by Crippen LogP contribution is 1.97. The minimum absolute atomic E-state index is 0. The van der Waals surface area contributed by atoms with Gasteiger partial charge in [-0.15, -0.1) is 0 Å². The van der Waals surface area contributed by atoms with Crippen LogP contribution in [0.1, 0.15) is 0 Å². The molecule has 0 atom stereocenters. The molecule has 0 aliphatic carbocycles. The molecule has 0 aromatic rings. The van der Waals surface area contributed by atoms with Gasteiger partial charge >= 0.3 is 0 Å². The molecule has 6 heavy (non-hydrogen) atoms. The van der Waals surface area contributed by atoms with Gasteiger partial charge in [-0.2, -0.15) is 0 Å². The van der Waals surface area contributed by atoms with Crippen molar-refractivity contribution >= 4 is 19.4 Å². The van der Waals surface area contributed by atoms with E-state index in [4.69, 9.17) is 0 Å². The zero-order valence-electron chi connectivity index (χ0n) is 4.38. The first-order chi connectivity index (χ1) is 2.00. The minimum Gasteiger partial charge on any atom is -0.315 e. The van der Waals surface area contributed by atoms with Gasteiger partial charge in [0.2, 0.25) is 8.41 Å². The lowest BCUT2D eigenvalue weighted by molar-refractivity contribution is 0.811. The molecule has 0 rings (SSSR count). The summed E-state index contributed by atoms with van der Waals surface area (Å²) < 4.78 is 11.8. The van der Waals surface area contributed by atoms with Crippen LogP contribution in [0.25, 0.3) is 0 Å². The van der Waals surface area contributed by atoms with E-state index in [-0.39, 0.29) is 11.0 Å². The van der Waals surface area contributed by atoms with E-state index in [1.165, 1.54) is 0 Å². The molecule has 4 radical (unpaired) electrons. The van der Waals surface area contributed by atoms with Gasteiger partial charge in [0, 0.05) is 11.0 Å². The van der Waals surface area contributed by atoms with E-state index in [1.54, 1.807) is 19.6 Å². The summed E-state index contributed by atoms with van der Waals surface area (Å²) in [5.74, 6) is 0. The van der Waals surface area contributed by atoms with Crippen molar-refractivity contribution in [1.29, 1.82) is 0 Å².